The number of carbonyl (C=O) groups is 1. The van der Waals surface area contributed by atoms with E-state index in [9.17, 15) is 18.0 Å². The van der Waals surface area contributed by atoms with Crippen LogP contribution < -0.4 is 10.9 Å². The summed E-state index contributed by atoms with van der Waals surface area (Å²) < 4.78 is 24.2. The standard InChI is InChI=1S/C19H23N3O4S/c1-22-18(24)15-5-3-2-4-14(15)16(21-22)10-17(23)20-13-6-8-19(9-7-13)11-27(25,26)12-19/h2-5,13H,6-12H2,1H3,(H,20,23). The maximum atomic E-state index is 12.5. The minimum absolute atomic E-state index is 0.0461. The Morgan fingerprint density at radius 1 is 1.22 bits per heavy atom. The largest absolute Gasteiger partial charge is 0.353 e. The first-order chi connectivity index (χ1) is 12.8. The molecule has 1 saturated carbocycles. The van der Waals surface area contributed by atoms with Crippen molar-refractivity contribution in [2.24, 2.45) is 12.5 Å². The molecule has 2 aromatic rings. The van der Waals surface area contributed by atoms with Crippen LogP contribution in [-0.2, 0) is 28.1 Å². The molecule has 1 spiro atoms. The molecule has 2 heterocycles. The Hall–Kier alpha value is -2.22. The molecule has 0 radical (unpaired) electrons. The number of nitrogens with one attached hydrogen (secondary N) is 1. The van der Waals surface area contributed by atoms with Crippen LogP contribution in [-0.4, -0.2) is 41.7 Å². The molecule has 2 aliphatic rings. The Bertz CT molecular complexity index is 1050. The summed E-state index contributed by atoms with van der Waals surface area (Å²) in [6.07, 6.45) is 3.42. The second kappa shape index (κ2) is 6.44. The van der Waals surface area contributed by atoms with Crippen molar-refractivity contribution in [3.05, 3.63) is 40.3 Å². The van der Waals surface area contributed by atoms with Crippen molar-refractivity contribution in [2.75, 3.05) is 11.5 Å². The van der Waals surface area contributed by atoms with E-state index in [4.69, 9.17) is 0 Å². The van der Waals surface area contributed by atoms with Crippen molar-refractivity contribution in [3.63, 3.8) is 0 Å². The molecule has 8 heteroatoms. The van der Waals surface area contributed by atoms with Gasteiger partial charge < -0.3 is 5.32 Å². The Morgan fingerprint density at radius 2 is 1.85 bits per heavy atom. The number of aromatic nitrogens is 2. The number of nitrogens with zero attached hydrogens (tertiary/aromatic N) is 2. The number of sulfone groups is 1. The summed E-state index contributed by atoms with van der Waals surface area (Å²) in [7, 11) is -1.24. The molecule has 144 valence electrons. The van der Waals surface area contributed by atoms with Gasteiger partial charge in [-0.3, -0.25) is 9.59 Å². The fourth-order valence-corrected chi connectivity index (χ4v) is 6.85. The Labute approximate surface area is 157 Å². The molecule has 0 atom stereocenters. The van der Waals surface area contributed by atoms with Gasteiger partial charge in [-0.2, -0.15) is 5.10 Å². The van der Waals surface area contributed by atoms with Gasteiger partial charge in [0.05, 0.1) is 29.0 Å². The lowest BCUT2D eigenvalue weighted by Crippen LogP contribution is -2.52. The van der Waals surface area contributed by atoms with Crippen LogP contribution in [0.15, 0.2) is 29.1 Å². The number of rotatable bonds is 3. The maximum absolute atomic E-state index is 12.5. The van der Waals surface area contributed by atoms with Crippen LogP contribution in [0.2, 0.25) is 0 Å². The molecular formula is C19H23N3O4S. The molecule has 0 unspecified atom stereocenters. The maximum Gasteiger partial charge on any atom is 0.274 e. The fraction of sp³-hybridized carbons (Fsp3) is 0.526. The fourth-order valence-electron chi connectivity index (χ4n) is 4.49. The Balaban J connectivity index is 1.42. The first-order valence-corrected chi connectivity index (χ1v) is 11.0. The number of hydrogen-bond acceptors (Lipinski definition) is 5. The number of hydrogen-bond donors (Lipinski definition) is 1. The van der Waals surface area contributed by atoms with Crippen molar-refractivity contribution < 1.29 is 13.2 Å². The highest BCUT2D eigenvalue weighted by Crippen LogP contribution is 2.45. The van der Waals surface area contributed by atoms with E-state index in [1.165, 1.54) is 4.68 Å². The number of carbonyl (C=O) groups excluding carboxylic acids is 1. The lowest BCUT2D eigenvalue weighted by Gasteiger charge is -2.46. The number of aryl methyl sites for hydroxylation is 1. The predicted octanol–water partition coefficient (Wildman–Crippen LogP) is 0.950. The van der Waals surface area contributed by atoms with Crippen molar-refractivity contribution in [1.82, 2.24) is 15.1 Å². The van der Waals surface area contributed by atoms with Crippen LogP contribution in [0.1, 0.15) is 31.4 Å². The molecule has 1 aliphatic heterocycles. The Morgan fingerprint density at radius 3 is 2.48 bits per heavy atom. The van der Waals surface area contributed by atoms with E-state index in [1.807, 2.05) is 12.1 Å². The third-order valence-corrected chi connectivity index (χ3v) is 7.93. The summed E-state index contributed by atoms with van der Waals surface area (Å²) in [6, 6.07) is 7.26. The topological polar surface area (TPSA) is 98.1 Å². The van der Waals surface area contributed by atoms with E-state index in [2.05, 4.69) is 10.4 Å². The SMILES string of the molecule is Cn1nc(CC(=O)NC2CCC3(CC2)CS(=O)(=O)C3)c2ccccc2c1=O. The van der Waals surface area contributed by atoms with E-state index in [1.54, 1.807) is 19.2 Å². The van der Waals surface area contributed by atoms with Gasteiger partial charge >= 0.3 is 0 Å². The van der Waals surface area contributed by atoms with Gasteiger partial charge in [-0.1, -0.05) is 18.2 Å². The quantitative estimate of drug-likeness (QED) is 0.843. The van der Waals surface area contributed by atoms with E-state index in [0.29, 0.717) is 28.0 Å². The first-order valence-electron chi connectivity index (χ1n) is 9.22. The van der Waals surface area contributed by atoms with Gasteiger partial charge in [0.25, 0.3) is 5.56 Å². The summed E-state index contributed by atoms with van der Waals surface area (Å²) in [6.45, 7) is 0. The van der Waals surface area contributed by atoms with Gasteiger partial charge in [0, 0.05) is 18.5 Å². The summed E-state index contributed by atoms with van der Waals surface area (Å²) in [5.41, 5.74) is 0.362. The van der Waals surface area contributed by atoms with Crippen LogP contribution in [0.25, 0.3) is 10.8 Å². The number of benzene rings is 1. The highest BCUT2D eigenvalue weighted by atomic mass is 32.2. The van der Waals surface area contributed by atoms with Crippen molar-refractivity contribution in [2.45, 2.75) is 38.1 Å². The molecule has 1 aliphatic carbocycles. The first kappa shape index (κ1) is 18.2. The zero-order chi connectivity index (χ0) is 19.2. The second-order valence-electron chi connectivity index (χ2n) is 7.97. The molecule has 1 aromatic heterocycles. The predicted molar refractivity (Wildman–Crippen MR) is 102 cm³/mol. The normalized spacial score (nSPS) is 21.1. The van der Waals surface area contributed by atoms with Gasteiger partial charge in [-0.15, -0.1) is 0 Å². The monoisotopic (exact) mass is 389 g/mol. The van der Waals surface area contributed by atoms with Crippen LogP contribution in [0.4, 0.5) is 0 Å². The summed E-state index contributed by atoms with van der Waals surface area (Å²) in [5, 5.41) is 8.59. The van der Waals surface area contributed by atoms with Gasteiger partial charge in [-0.05, 0) is 37.2 Å². The minimum Gasteiger partial charge on any atom is -0.353 e. The molecular weight excluding hydrogens is 366 g/mol. The zero-order valence-corrected chi connectivity index (χ0v) is 16.1. The summed E-state index contributed by atoms with van der Waals surface area (Å²) in [4.78, 5) is 24.7. The number of fused-ring (bicyclic) bond motifs is 1. The van der Waals surface area contributed by atoms with Crippen molar-refractivity contribution in [3.8, 4) is 0 Å². The van der Waals surface area contributed by atoms with Crippen molar-refractivity contribution in [1.29, 1.82) is 0 Å². The molecule has 7 nitrogen and oxygen atoms in total. The van der Waals surface area contributed by atoms with Crippen LogP contribution in [0, 0.1) is 5.41 Å². The number of amides is 1. The molecule has 1 amide bonds. The van der Waals surface area contributed by atoms with Crippen LogP contribution in [0.5, 0.6) is 0 Å². The lowest BCUT2D eigenvalue weighted by molar-refractivity contribution is -0.121. The molecule has 1 saturated heterocycles. The van der Waals surface area contributed by atoms with Crippen LogP contribution in [0.3, 0.4) is 0 Å². The smallest absolute Gasteiger partial charge is 0.274 e. The zero-order valence-electron chi connectivity index (χ0n) is 15.3. The van der Waals surface area contributed by atoms with Crippen molar-refractivity contribution >= 4 is 26.5 Å². The average molecular weight is 389 g/mol. The molecule has 1 aromatic carbocycles. The van der Waals surface area contributed by atoms with E-state index in [-0.39, 0.29) is 29.3 Å². The lowest BCUT2D eigenvalue weighted by atomic mass is 9.74. The van der Waals surface area contributed by atoms with E-state index in [0.717, 1.165) is 25.7 Å². The minimum atomic E-state index is -2.82. The molecule has 1 N–H and O–H groups in total. The second-order valence-corrected chi connectivity index (χ2v) is 10.0. The van der Waals surface area contributed by atoms with Gasteiger partial charge in [0.15, 0.2) is 9.84 Å². The third-order valence-electron chi connectivity index (χ3n) is 5.82. The highest BCUT2D eigenvalue weighted by molar-refractivity contribution is 7.92. The molecule has 2 fully saturated rings. The van der Waals surface area contributed by atoms with Gasteiger partial charge in [0.1, 0.15) is 0 Å². The summed E-state index contributed by atoms with van der Waals surface area (Å²) in [5.74, 6) is 0.483. The highest BCUT2D eigenvalue weighted by Gasteiger charge is 2.49. The van der Waals surface area contributed by atoms with Gasteiger partial charge in [-0.25, -0.2) is 13.1 Å². The summed E-state index contributed by atoms with van der Waals surface area (Å²) >= 11 is 0. The third kappa shape index (κ3) is 3.50. The van der Waals surface area contributed by atoms with Gasteiger partial charge in [0.2, 0.25) is 5.91 Å². The molecule has 4 rings (SSSR count). The molecule has 0 bridgehead atoms. The molecule has 27 heavy (non-hydrogen) atoms. The van der Waals surface area contributed by atoms with E-state index >= 15 is 0 Å². The van der Waals surface area contributed by atoms with E-state index < -0.39 is 9.84 Å². The average Bonchev–Trinajstić information content (AvgIpc) is 2.60. The Kier molecular flexibility index (Phi) is 4.33. The van der Waals surface area contributed by atoms with Crippen LogP contribution >= 0.6 is 0 Å².